The number of amides is 1. The molecule has 0 aliphatic carbocycles. The van der Waals surface area contributed by atoms with Crippen LogP contribution in [0, 0.1) is 5.92 Å². The van der Waals surface area contributed by atoms with Crippen LogP contribution in [-0.4, -0.2) is 30.5 Å². The van der Waals surface area contributed by atoms with Crippen LogP contribution in [0.15, 0.2) is 24.3 Å². The van der Waals surface area contributed by atoms with Gasteiger partial charge in [0.05, 0.1) is 5.92 Å². The van der Waals surface area contributed by atoms with Crippen molar-refractivity contribution in [3.63, 3.8) is 0 Å². The molecule has 4 heteroatoms. The molecule has 3 rings (SSSR count). The number of benzene rings is 1. The van der Waals surface area contributed by atoms with Crippen molar-refractivity contribution < 1.29 is 4.79 Å². The Bertz CT molecular complexity index is 471. The third kappa shape index (κ3) is 3.11. The number of carbonyl (C=O) groups excluding carboxylic acids is 1. The van der Waals surface area contributed by atoms with Gasteiger partial charge in [-0.1, -0.05) is 18.2 Å². The minimum Gasteiger partial charge on any atom is -0.385 e. The van der Waals surface area contributed by atoms with Gasteiger partial charge in [0, 0.05) is 18.8 Å². The van der Waals surface area contributed by atoms with E-state index in [1.165, 1.54) is 24.3 Å². The van der Waals surface area contributed by atoms with Crippen molar-refractivity contribution >= 4 is 23.4 Å². The van der Waals surface area contributed by atoms with Crippen LogP contribution in [0.3, 0.4) is 0 Å². The van der Waals surface area contributed by atoms with Gasteiger partial charge in [0.1, 0.15) is 0 Å². The minimum atomic E-state index is 0.0189. The smallest absolute Gasteiger partial charge is 0.227 e. The molecule has 1 aromatic carbocycles. The summed E-state index contributed by atoms with van der Waals surface area (Å²) < 4.78 is 0. The van der Waals surface area contributed by atoms with Crippen LogP contribution in [0.2, 0.25) is 0 Å². The molecule has 1 unspecified atom stereocenters. The highest BCUT2D eigenvalue weighted by atomic mass is 32.2. The zero-order chi connectivity index (χ0) is 13.8. The van der Waals surface area contributed by atoms with Crippen LogP contribution in [0.5, 0.6) is 0 Å². The van der Waals surface area contributed by atoms with Gasteiger partial charge >= 0.3 is 0 Å². The summed E-state index contributed by atoms with van der Waals surface area (Å²) >= 11 is 2.03. The Labute approximate surface area is 124 Å². The Hall–Kier alpha value is -1.16. The Morgan fingerprint density at radius 3 is 2.90 bits per heavy atom. The van der Waals surface area contributed by atoms with Gasteiger partial charge in [-0.2, -0.15) is 11.8 Å². The summed E-state index contributed by atoms with van der Waals surface area (Å²) in [5, 5.41) is 6.56. The van der Waals surface area contributed by atoms with E-state index < -0.39 is 0 Å². The fraction of sp³-hybridized carbons (Fsp3) is 0.562. The molecular formula is C16H22N2OS. The van der Waals surface area contributed by atoms with E-state index in [9.17, 15) is 4.79 Å². The van der Waals surface area contributed by atoms with Gasteiger partial charge in [-0.15, -0.1) is 0 Å². The number of para-hydroxylation sites is 1. The SMILES string of the molecule is O=C(NCC1CCSCC1)C1CCNc2ccccc21. The third-order valence-corrected chi connectivity index (χ3v) is 5.36. The van der Waals surface area contributed by atoms with Crippen LogP contribution < -0.4 is 10.6 Å². The number of hydrogen-bond acceptors (Lipinski definition) is 3. The van der Waals surface area contributed by atoms with Gasteiger partial charge in [-0.25, -0.2) is 0 Å². The van der Waals surface area contributed by atoms with Crippen LogP contribution in [0.1, 0.15) is 30.7 Å². The number of fused-ring (bicyclic) bond motifs is 1. The molecule has 1 amide bonds. The maximum atomic E-state index is 12.5. The predicted octanol–water partition coefficient (Wildman–Crippen LogP) is 2.85. The van der Waals surface area contributed by atoms with Crippen LogP contribution in [-0.2, 0) is 4.79 Å². The lowest BCUT2D eigenvalue weighted by atomic mass is 9.90. The van der Waals surface area contributed by atoms with Crippen molar-refractivity contribution in [2.24, 2.45) is 5.92 Å². The fourth-order valence-electron chi connectivity index (χ4n) is 3.06. The molecule has 2 heterocycles. The number of anilines is 1. The Morgan fingerprint density at radius 2 is 2.05 bits per heavy atom. The summed E-state index contributed by atoms with van der Waals surface area (Å²) in [6.07, 6.45) is 3.38. The minimum absolute atomic E-state index is 0.0189. The zero-order valence-electron chi connectivity index (χ0n) is 11.7. The van der Waals surface area contributed by atoms with Gasteiger partial charge in [0.25, 0.3) is 0 Å². The average Bonchev–Trinajstić information content (AvgIpc) is 2.53. The molecule has 108 valence electrons. The highest BCUT2D eigenvalue weighted by molar-refractivity contribution is 7.99. The summed E-state index contributed by atoms with van der Waals surface area (Å²) in [5.74, 6) is 3.40. The number of hydrogen-bond donors (Lipinski definition) is 2. The van der Waals surface area contributed by atoms with Crippen molar-refractivity contribution in [3.8, 4) is 0 Å². The maximum Gasteiger partial charge on any atom is 0.227 e. The predicted molar refractivity (Wildman–Crippen MR) is 85.3 cm³/mol. The topological polar surface area (TPSA) is 41.1 Å². The molecule has 2 aliphatic heterocycles. The number of thioether (sulfide) groups is 1. The fourth-order valence-corrected chi connectivity index (χ4v) is 4.26. The maximum absolute atomic E-state index is 12.5. The largest absolute Gasteiger partial charge is 0.385 e. The summed E-state index contributed by atoms with van der Waals surface area (Å²) in [5.41, 5.74) is 2.27. The molecule has 2 aliphatic rings. The molecule has 0 saturated carbocycles. The molecule has 3 nitrogen and oxygen atoms in total. The van der Waals surface area contributed by atoms with E-state index in [2.05, 4.69) is 22.8 Å². The van der Waals surface area contributed by atoms with Crippen LogP contribution >= 0.6 is 11.8 Å². The van der Waals surface area contributed by atoms with Crippen molar-refractivity contribution in [2.75, 3.05) is 29.9 Å². The van der Waals surface area contributed by atoms with Gasteiger partial charge < -0.3 is 10.6 Å². The lowest BCUT2D eigenvalue weighted by Crippen LogP contribution is -2.36. The molecule has 0 radical (unpaired) electrons. The molecule has 0 aromatic heterocycles. The van der Waals surface area contributed by atoms with E-state index in [-0.39, 0.29) is 11.8 Å². The highest BCUT2D eigenvalue weighted by Gasteiger charge is 2.26. The van der Waals surface area contributed by atoms with E-state index in [0.717, 1.165) is 30.8 Å². The lowest BCUT2D eigenvalue weighted by molar-refractivity contribution is -0.122. The number of rotatable bonds is 3. The molecule has 1 atom stereocenters. The Balaban J connectivity index is 1.60. The second kappa shape index (κ2) is 6.53. The van der Waals surface area contributed by atoms with E-state index in [1.54, 1.807) is 0 Å². The normalized spacial score (nSPS) is 22.7. The molecule has 1 saturated heterocycles. The summed E-state index contributed by atoms with van der Waals surface area (Å²) in [6.45, 7) is 1.74. The summed E-state index contributed by atoms with van der Waals surface area (Å²) in [4.78, 5) is 12.5. The second-order valence-corrected chi connectivity index (χ2v) is 6.88. The first-order valence-corrected chi connectivity index (χ1v) is 8.68. The zero-order valence-corrected chi connectivity index (χ0v) is 12.5. The van der Waals surface area contributed by atoms with Crippen molar-refractivity contribution in [1.82, 2.24) is 5.32 Å². The molecule has 1 fully saturated rings. The lowest BCUT2D eigenvalue weighted by Gasteiger charge is -2.27. The van der Waals surface area contributed by atoms with Gasteiger partial charge in [-0.3, -0.25) is 4.79 Å². The summed E-state index contributed by atoms with van der Waals surface area (Å²) in [6, 6.07) is 8.17. The standard InChI is InChI=1S/C16H22N2OS/c19-16(18-11-12-6-9-20-10-7-12)14-5-8-17-15-4-2-1-3-13(14)15/h1-4,12,14,17H,5-11H2,(H,18,19). The monoisotopic (exact) mass is 290 g/mol. The molecule has 20 heavy (non-hydrogen) atoms. The van der Waals surface area contributed by atoms with Crippen molar-refractivity contribution in [2.45, 2.75) is 25.2 Å². The van der Waals surface area contributed by atoms with E-state index in [4.69, 9.17) is 0 Å². The molecule has 0 spiro atoms. The highest BCUT2D eigenvalue weighted by Crippen LogP contribution is 2.31. The first-order chi connectivity index (χ1) is 9.84. The Kier molecular flexibility index (Phi) is 4.51. The van der Waals surface area contributed by atoms with E-state index >= 15 is 0 Å². The van der Waals surface area contributed by atoms with Gasteiger partial charge in [-0.05, 0) is 48.3 Å². The molecular weight excluding hydrogens is 268 g/mol. The molecule has 1 aromatic rings. The van der Waals surface area contributed by atoms with Crippen LogP contribution in [0.25, 0.3) is 0 Å². The first-order valence-electron chi connectivity index (χ1n) is 7.53. The summed E-state index contributed by atoms with van der Waals surface area (Å²) in [7, 11) is 0. The first kappa shape index (κ1) is 13.8. The van der Waals surface area contributed by atoms with E-state index in [1.807, 2.05) is 23.9 Å². The number of carbonyl (C=O) groups is 1. The average molecular weight is 290 g/mol. The van der Waals surface area contributed by atoms with E-state index in [0.29, 0.717) is 5.92 Å². The number of nitrogens with one attached hydrogen (secondary N) is 2. The third-order valence-electron chi connectivity index (χ3n) is 4.31. The Morgan fingerprint density at radius 1 is 1.25 bits per heavy atom. The van der Waals surface area contributed by atoms with Gasteiger partial charge in [0.2, 0.25) is 5.91 Å². The van der Waals surface area contributed by atoms with Crippen LogP contribution in [0.4, 0.5) is 5.69 Å². The van der Waals surface area contributed by atoms with Gasteiger partial charge in [0.15, 0.2) is 0 Å². The quantitative estimate of drug-likeness (QED) is 0.899. The molecule has 2 N–H and O–H groups in total. The van der Waals surface area contributed by atoms with Crippen molar-refractivity contribution in [3.05, 3.63) is 29.8 Å². The molecule has 0 bridgehead atoms. The van der Waals surface area contributed by atoms with Crippen molar-refractivity contribution in [1.29, 1.82) is 0 Å². The second-order valence-electron chi connectivity index (χ2n) is 5.66.